The fraction of sp³-hybridized carbons (Fsp3) is 0.636. The van der Waals surface area contributed by atoms with Gasteiger partial charge in [0, 0.05) is 19.4 Å². The van der Waals surface area contributed by atoms with Gasteiger partial charge in [0.25, 0.3) is 0 Å². The molecule has 8 heteroatoms. The van der Waals surface area contributed by atoms with Gasteiger partial charge in [-0.1, -0.05) is 18.3 Å². The van der Waals surface area contributed by atoms with Crippen molar-refractivity contribution < 1.29 is 14.3 Å². The second-order valence-corrected chi connectivity index (χ2v) is 4.76. The van der Waals surface area contributed by atoms with E-state index in [0.717, 1.165) is 17.8 Å². The van der Waals surface area contributed by atoms with E-state index in [0.29, 0.717) is 11.7 Å². The molecule has 0 bridgehead atoms. The van der Waals surface area contributed by atoms with Crippen LogP contribution in [0.25, 0.3) is 0 Å². The first kappa shape index (κ1) is 15.4. The average molecular weight is 286 g/mol. The summed E-state index contributed by atoms with van der Waals surface area (Å²) in [7, 11) is 0. The van der Waals surface area contributed by atoms with Crippen LogP contribution in [0.2, 0.25) is 0 Å². The maximum atomic E-state index is 11.6. The van der Waals surface area contributed by atoms with E-state index in [9.17, 15) is 9.59 Å². The third kappa shape index (κ3) is 6.14. The molecule has 1 rings (SSSR count). The Labute approximate surface area is 115 Å². The second kappa shape index (κ2) is 8.41. The summed E-state index contributed by atoms with van der Waals surface area (Å²) in [6.07, 6.45) is 1.50. The van der Waals surface area contributed by atoms with Crippen molar-refractivity contribution in [3.63, 3.8) is 0 Å². The highest BCUT2D eigenvalue weighted by atomic mass is 32.1. The fourth-order valence-electron chi connectivity index (χ4n) is 1.26. The number of aromatic nitrogens is 2. The maximum absolute atomic E-state index is 11.6. The number of hydrogen-bond acceptors (Lipinski definition) is 6. The molecule has 0 aliphatic carbocycles. The predicted octanol–water partition coefficient (Wildman–Crippen LogP) is 1.57. The van der Waals surface area contributed by atoms with Gasteiger partial charge in [-0.25, -0.2) is 4.79 Å². The molecule has 106 valence electrons. The first-order valence-corrected chi connectivity index (χ1v) is 7.00. The van der Waals surface area contributed by atoms with Crippen LogP contribution in [-0.4, -0.2) is 35.3 Å². The Morgan fingerprint density at radius 3 is 2.79 bits per heavy atom. The Balaban J connectivity index is 2.24. The molecule has 0 aliphatic heterocycles. The number of alkyl carbamates (subject to hydrolysis) is 1. The maximum Gasteiger partial charge on any atom is 0.407 e. The first-order valence-electron chi connectivity index (χ1n) is 6.18. The molecule has 1 aromatic heterocycles. The van der Waals surface area contributed by atoms with Crippen molar-refractivity contribution >= 4 is 28.5 Å². The molecule has 1 aromatic rings. The molecule has 19 heavy (non-hydrogen) atoms. The molecule has 0 aromatic carbocycles. The van der Waals surface area contributed by atoms with Crippen molar-refractivity contribution in [2.75, 3.05) is 18.5 Å². The summed E-state index contributed by atoms with van der Waals surface area (Å²) in [5.41, 5.74) is 0. The van der Waals surface area contributed by atoms with E-state index in [-0.39, 0.29) is 18.9 Å². The van der Waals surface area contributed by atoms with Crippen molar-refractivity contribution in [2.45, 2.75) is 33.1 Å². The molecule has 2 N–H and O–H groups in total. The van der Waals surface area contributed by atoms with E-state index in [1.165, 1.54) is 11.3 Å². The van der Waals surface area contributed by atoms with Gasteiger partial charge in [-0.05, 0) is 13.3 Å². The number of rotatable bonds is 7. The van der Waals surface area contributed by atoms with Crippen molar-refractivity contribution in [3.05, 3.63) is 5.01 Å². The molecular weight excluding hydrogens is 268 g/mol. The zero-order chi connectivity index (χ0) is 14.1. The lowest BCUT2D eigenvalue weighted by atomic mass is 10.4. The zero-order valence-electron chi connectivity index (χ0n) is 11.1. The molecule has 0 unspecified atom stereocenters. The largest absolute Gasteiger partial charge is 0.450 e. The number of ether oxygens (including phenoxy) is 1. The van der Waals surface area contributed by atoms with E-state index in [1.807, 2.05) is 0 Å². The number of nitrogens with zero attached hydrogens (tertiary/aromatic N) is 2. The van der Waals surface area contributed by atoms with Crippen molar-refractivity contribution in [1.82, 2.24) is 15.5 Å². The smallest absolute Gasteiger partial charge is 0.407 e. The highest BCUT2D eigenvalue weighted by Crippen LogP contribution is 2.16. The molecule has 0 aliphatic rings. The third-order valence-electron chi connectivity index (χ3n) is 2.07. The van der Waals surface area contributed by atoms with Crippen LogP contribution in [0.3, 0.4) is 0 Å². The molecule has 0 radical (unpaired) electrons. The minimum atomic E-state index is -0.517. The molecular formula is C11H18N4O3S. The lowest BCUT2D eigenvalue weighted by Gasteiger charge is -2.04. The minimum Gasteiger partial charge on any atom is -0.450 e. The molecule has 7 nitrogen and oxygen atoms in total. The molecule has 0 spiro atoms. The van der Waals surface area contributed by atoms with Crippen LogP contribution in [0.15, 0.2) is 0 Å². The van der Waals surface area contributed by atoms with Crippen LogP contribution in [-0.2, 0) is 16.0 Å². The Bertz CT molecular complexity index is 422. The summed E-state index contributed by atoms with van der Waals surface area (Å²) in [6.45, 7) is 4.31. The summed E-state index contributed by atoms with van der Waals surface area (Å²) in [5.74, 6) is -0.212. The molecule has 0 fully saturated rings. The number of hydrogen-bond donors (Lipinski definition) is 2. The highest BCUT2D eigenvalue weighted by molar-refractivity contribution is 7.15. The topological polar surface area (TPSA) is 93.2 Å². The zero-order valence-corrected chi connectivity index (χ0v) is 11.9. The lowest BCUT2D eigenvalue weighted by molar-refractivity contribution is -0.116. The molecule has 2 amide bonds. The normalized spacial score (nSPS) is 10.0. The summed E-state index contributed by atoms with van der Waals surface area (Å²) in [5, 5.41) is 14.3. The highest BCUT2D eigenvalue weighted by Gasteiger charge is 2.08. The Kier molecular flexibility index (Phi) is 6.80. The van der Waals surface area contributed by atoms with Gasteiger partial charge in [0.2, 0.25) is 11.0 Å². The van der Waals surface area contributed by atoms with Gasteiger partial charge in [-0.2, -0.15) is 0 Å². The number of nitrogens with one attached hydrogen (secondary N) is 2. The van der Waals surface area contributed by atoms with Crippen LogP contribution < -0.4 is 10.6 Å². The van der Waals surface area contributed by atoms with Crippen LogP contribution in [0.1, 0.15) is 31.7 Å². The van der Waals surface area contributed by atoms with Gasteiger partial charge in [-0.3, -0.25) is 4.79 Å². The summed E-state index contributed by atoms with van der Waals surface area (Å²) in [6, 6.07) is 0. The number of aryl methyl sites for hydroxylation is 1. The van der Waals surface area contributed by atoms with Crippen molar-refractivity contribution in [2.24, 2.45) is 0 Å². The predicted molar refractivity (Wildman–Crippen MR) is 72.2 cm³/mol. The lowest BCUT2D eigenvalue weighted by Crippen LogP contribution is -2.28. The SMILES string of the molecule is CCCc1nnc(NC(=O)CCNC(=O)OCC)s1. The standard InChI is InChI=1S/C11H18N4O3S/c1-3-5-9-14-15-10(19-9)13-8(16)6-7-12-11(17)18-4-2/h3-7H2,1-2H3,(H,12,17)(H,13,15,16). The summed E-state index contributed by atoms with van der Waals surface area (Å²) >= 11 is 1.37. The van der Waals surface area contributed by atoms with Gasteiger partial charge < -0.3 is 15.4 Å². The second-order valence-electron chi connectivity index (χ2n) is 3.70. The first-order chi connectivity index (χ1) is 9.15. The average Bonchev–Trinajstić information content (AvgIpc) is 2.77. The quantitative estimate of drug-likeness (QED) is 0.793. The number of anilines is 1. The van der Waals surface area contributed by atoms with Gasteiger partial charge in [0.05, 0.1) is 6.61 Å². The Morgan fingerprint density at radius 2 is 2.11 bits per heavy atom. The van der Waals surface area contributed by atoms with Gasteiger partial charge in [0.1, 0.15) is 5.01 Å². The molecule has 0 atom stereocenters. The Hall–Kier alpha value is -1.70. The van der Waals surface area contributed by atoms with Gasteiger partial charge in [0.15, 0.2) is 0 Å². The number of amides is 2. The van der Waals surface area contributed by atoms with Crippen LogP contribution >= 0.6 is 11.3 Å². The van der Waals surface area contributed by atoms with E-state index >= 15 is 0 Å². The monoisotopic (exact) mass is 286 g/mol. The minimum absolute atomic E-state index is 0.168. The van der Waals surface area contributed by atoms with Crippen molar-refractivity contribution in [3.8, 4) is 0 Å². The third-order valence-corrected chi connectivity index (χ3v) is 2.97. The van der Waals surface area contributed by atoms with Gasteiger partial charge in [-0.15, -0.1) is 10.2 Å². The van der Waals surface area contributed by atoms with E-state index in [1.54, 1.807) is 6.92 Å². The van der Waals surface area contributed by atoms with Crippen LogP contribution in [0, 0.1) is 0 Å². The number of carbonyl (C=O) groups excluding carboxylic acids is 2. The number of carbonyl (C=O) groups is 2. The Morgan fingerprint density at radius 1 is 1.32 bits per heavy atom. The molecule has 1 heterocycles. The fourth-order valence-corrected chi connectivity index (χ4v) is 2.12. The molecule has 0 saturated heterocycles. The van der Waals surface area contributed by atoms with E-state index < -0.39 is 6.09 Å². The van der Waals surface area contributed by atoms with Crippen molar-refractivity contribution in [1.29, 1.82) is 0 Å². The van der Waals surface area contributed by atoms with Gasteiger partial charge >= 0.3 is 6.09 Å². The summed E-state index contributed by atoms with van der Waals surface area (Å²) < 4.78 is 4.67. The van der Waals surface area contributed by atoms with Crippen LogP contribution in [0.4, 0.5) is 9.93 Å². The van der Waals surface area contributed by atoms with E-state index in [4.69, 9.17) is 0 Å². The van der Waals surface area contributed by atoms with E-state index in [2.05, 4.69) is 32.5 Å². The van der Waals surface area contributed by atoms with Crippen LogP contribution in [0.5, 0.6) is 0 Å². The molecule has 0 saturated carbocycles. The summed E-state index contributed by atoms with van der Waals surface area (Å²) in [4.78, 5) is 22.5.